The standard InChI is InChI=1S/C21H19N3O5S/c25-16(12-28-15-9-5-2-6-10-15)23-17-19(26)24-18(22-13-30-20(17)24)21(27)29-11-14-7-3-1-4-8-14/h1-10,13,17-18,20H,11-12H2,(H,23,25). The van der Waals surface area contributed by atoms with Crippen molar-refractivity contribution in [3.05, 3.63) is 66.2 Å². The van der Waals surface area contributed by atoms with Crippen LogP contribution in [0, 0.1) is 0 Å². The van der Waals surface area contributed by atoms with Crippen LogP contribution in [-0.4, -0.2) is 52.4 Å². The molecule has 1 saturated heterocycles. The van der Waals surface area contributed by atoms with Crippen molar-refractivity contribution in [2.75, 3.05) is 6.61 Å². The summed E-state index contributed by atoms with van der Waals surface area (Å²) in [6.07, 6.45) is -1.04. The van der Waals surface area contributed by atoms with Crippen molar-refractivity contribution in [3.63, 3.8) is 0 Å². The highest BCUT2D eigenvalue weighted by atomic mass is 32.2. The zero-order valence-electron chi connectivity index (χ0n) is 15.8. The van der Waals surface area contributed by atoms with Crippen LogP contribution in [0.1, 0.15) is 5.56 Å². The van der Waals surface area contributed by atoms with Crippen LogP contribution in [0.2, 0.25) is 0 Å². The number of hydrogen-bond acceptors (Lipinski definition) is 7. The number of hydrogen-bond donors (Lipinski definition) is 1. The Morgan fingerprint density at radius 2 is 1.77 bits per heavy atom. The van der Waals surface area contributed by atoms with E-state index in [9.17, 15) is 14.4 Å². The number of benzene rings is 2. The molecule has 154 valence electrons. The van der Waals surface area contributed by atoms with E-state index in [0.29, 0.717) is 5.75 Å². The fraction of sp³-hybridized carbons (Fsp3) is 0.238. The number of carbonyl (C=O) groups is 3. The number of nitrogens with zero attached hydrogens (tertiary/aromatic N) is 2. The van der Waals surface area contributed by atoms with Gasteiger partial charge in [0.15, 0.2) is 6.61 Å². The fourth-order valence-electron chi connectivity index (χ4n) is 3.11. The summed E-state index contributed by atoms with van der Waals surface area (Å²) in [5, 5.41) is 2.25. The Hall–Kier alpha value is -3.33. The third-order valence-corrected chi connectivity index (χ3v) is 5.63. The number of nitrogens with one attached hydrogen (secondary N) is 1. The highest BCUT2D eigenvalue weighted by Crippen LogP contribution is 2.35. The second-order valence-corrected chi connectivity index (χ2v) is 7.61. The lowest BCUT2D eigenvalue weighted by atomic mass is 10.1. The van der Waals surface area contributed by atoms with Gasteiger partial charge >= 0.3 is 5.97 Å². The van der Waals surface area contributed by atoms with Crippen LogP contribution in [0.3, 0.4) is 0 Å². The molecule has 3 unspecified atom stereocenters. The van der Waals surface area contributed by atoms with Crippen LogP contribution in [0.4, 0.5) is 0 Å². The number of esters is 1. The Kier molecular flexibility index (Phi) is 5.99. The quantitative estimate of drug-likeness (QED) is 0.534. The van der Waals surface area contributed by atoms with Gasteiger partial charge in [-0.25, -0.2) is 9.79 Å². The average molecular weight is 425 g/mol. The molecule has 0 aliphatic carbocycles. The predicted molar refractivity (Wildman–Crippen MR) is 111 cm³/mol. The van der Waals surface area contributed by atoms with Crippen LogP contribution in [-0.2, 0) is 25.7 Å². The Morgan fingerprint density at radius 3 is 2.50 bits per heavy atom. The number of β-lactam (4-membered cyclic amide) rings is 1. The molecule has 30 heavy (non-hydrogen) atoms. The van der Waals surface area contributed by atoms with Gasteiger partial charge in [0.05, 0.1) is 5.55 Å². The van der Waals surface area contributed by atoms with Gasteiger partial charge in [-0.2, -0.15) is 0 Å². The summed E-state index contributed by atoms with van der Waals surface area (Å²) < 4.78 is 10.7. The molecule has 0 aromatic heterocycles. The molecule has 2 aliphatic heterocycles. The topological polar surface area (TPSA) is 97.3 Å². The first kappa shape index (κ1) is 20.0. The zero-order chi connectivity index (χ0) is 20.9. The van der Waals surface area contributed by atoms with Crippen LogP contribution >= 0.6 is 11.8 Å². The van der Waals surface area contributed by atoms with Crippen LogP contribution in [0.5, 0.6) is 5.75 Å². The van der Waals surface area contributed by atoms with Crippen molar-refractivity contribution in [1.29, 1.82) is 0 Å². The summed E-state index contributed by atoms with van der Waals surface area (Å²) in [6, 6.07) is 17.4. The van der Waals surface area contributed by atoms with E-state index >= 15 is 0 Å². The van der Waals surface area contributed by atoms with E-state index in [1.165, 1.54) is 22.2 Å². The van der Waals surface area contributed by atoms with Gasteiger partial charge in [0.1, 0.15) is 23.8 Å². The molecule has 8 nitrogen and oxygen atoms in total. The maximum atomic E-state index is 12.6. The number of aliphatic imine (C=N–C) groups is 1. The lowest BCUT2D eigenvalue weighted by Crippen LogP contribution is -2.73. The summed E-state index contributed by atoms with van der Waals surface area (Å²) in [7, 11) is 0. The molecule has 4 rings (SSSR count). The van der Waals surface area contributed by atoms with Crippen molar-refractivity contribution >= 4 is 35.1 Å². The van der Waals surface area contributed by atoms with Crippen molar-refractivity contribution in [2.24, 2.45) is 4.99 Å². The van der Waals surface area contributed by atoms with E-state index < -0.39 is 29.5 Å². The van der Waals surface area contributed by atoms with Crippen molar-refractivity contribution in [1.82, 2.24) is 10.2 Å². The molecule has 2 aromatic carbocycles. The molecule has 0 bridgehead atoms. The number of ether oxygens (including phenoxy) is 2. The Morgan fingerprint density at radius 1 is 1.07 bits per heavy atom. The van der Waals surface area contributed by atoms with Crippen LogP contribution in [0.25, 0.3) is 0 Å². The van der Waals surface area contributed by atoms with Crippen molar-refractivity contribution in [3.8, 4) is 5.75 Å². The maximum absolute atomic E-state index is 12.6. The SMILES string of the molecule is O=C(COc1ccccc1)NC1C(=O)N2C(C(=O)OCc3ccccc3)N=CSC12. The first-order chi connectivity index (χ1) is 14.6. The number of rotatable bonds is 7. The molecule has 2 amide bonds. The first-order valence-corrected chi connectivity index (χ1v) is 10.2. The number of amides is 2. The molecule has 3 atom stereocenters. The van der Waals surface area contributed by atoms with Gasteiger partial charge in [-0.3, -0.25) is 14.5 Å². The van der Waals surface area contributed by atoms with E-state index in [4.69, 9.17) is 9.47 Å². The maximum Gasteiger partial charge on any atom is 0.352 e. The minimum absolute atomic E-state index is 0.0997. The van der Waals surface area contributed by atoms with E-state index in [0.717, 1.165) is 5.56 Å². The summed E-state index contributed by atoms with van der Waals surface area (Å²) >= 11 is 1.27. The van der Waals surface area contributed by atoms with Crippen LogP contribution in [0.15, 0.2) is 65.7 Å². The second kappa shape index (κ2) is 9.00. The second-order valence-electron chi connectivity index (χ2n) is 6.64. The van der Waals surface area contributed by atoms with Gasteiger partial charge in [-0.1, -0.05) is 60.3 Å². The zero-order valence-corrected chi connectivity index (χ0v) is 16.7. The third kappa shape index (κ3) is 4.30. The first-order valence-electron chi connectivity index (χ1n) is 9.30. The number of para-hydroxylation sites is 1. The Balaban J connectivity index is 1.30. The minimum atomic E-state index is -1.04. The molecule has 2 aliphatic rings. The normalized spacial score (nSPS) is 21.9. The molecular weight excluding hydrogens is 406 g/mol. The van der Waals surface area contributed by atoms with Gasteiger partial charge in [-0.05, 0) is 17.7 Å². The van der Waals surface area contributed by atoms with E-state index in [1.54, 1.807) is 24.3 Å². The summed E-state index contributed by atoms with van der Waals surface area (Å²) in [6.45, 7) is -0.107. The predicted octanol–water partition coefficient (Wildman–Crippen LogP) is 1.56. The molecule has 2 heterocycles. The van der Waals surface area contributed by atoms with Gasteiger partial charge < -0.3 is 14.8 Å². The molecule has 1 fully saturated rings. The number of carbonyl (C=O) groups excluding carboxylic acids is 3. The van der Waals surface area contributed by atoms with E-state index in [1.807, 2.05) is 36.4 Å². The Bertz CT molecular complexity index is 954. The smallest absolute Gasteiger partial charge is 0.352 e. The van der Waals surface area contributed by atoms with Gasteiger partial charge in [0, 0.05) is 0 Å². The Labute approximate surface area is 177 Å². The number of fused-ring (bicyclic) bond motifs is 1. The van der Waals surface area contributed by atoms with Gasteiger partial charge in [-0.15, -0.1) is 0 Å². The highest BCUT2D eigenvalue weighted by molar-refractivity contribution is 8.12. The minimum Gasteiger partial charge on any atom is -0.484 e. The molecule has 0 spiro atoms. The highest BCUT2D eigenvalue weighted by Gasteiger charge is 2.55. The van der Waals surface area contributed by atoms with Crippen molar-refractivity contribution in [2.45, 2.75) is 24.2 Å². The summed E-state index contributed by atoms with van der Waals surface area (Å²) in [5.74, 6) is -0.831. The van der Waals surface area contributed by atoms with E-state index in [2.05, 4.69) is 10.3 Å². The fourth-order valence-corrected chi connectivity index (χ4v) is 4.11. The molecule has 0 saturated carbocycles. The monoisotopic (exact) mass is 425 g/mol. The van der Waals surface area contributed by atoms with E-state index in [-0.39, 0.29) is 19.1 Å². The third-order valence-electron chi connectivity index (χ3n) is 4.61. The lowest BCUT2D eigenvalue weighted by Gasteiger charge is -2.49. The average Bonchev–Trinajstić information content (AvgIpc) is 2.80. The van der Waals surface area contributed by atoms with Gasteiger partial charge in [0.2, 0.25) is 6.17 Å². The molecule has 0 radical (unpaired) electrons. The van der Waals surface area contributed by atoms with Gasteiger partial charge in [0.25, 0.3) is 11.8 Å². The lowest BCUT2D eigenvalue weighted by molar-refractivity contribution is -0.165. The summed E-state index contributed by atoms with van der Waals surface area (Å²) in [5.41, 5.74) is 2.36. The largest absolute Gasteiger partial charge is 0.484 e. The van der Waals surface area contributed by atoms with Crippen molar-refractivity contribution < 1.29 is 23.9 Å². The number of thioether (sulfide) groups is 1. The molecular formula is C21H19N3O5S. The molecule has 1 N–H and O–H groups in total. The van der Waals surface area contributed by atoms with Crippen LogP contribution < -0.4 is 10.1 Å². The summed E-state index contributed by atoms with van der Waals surface area (Å²) in [4.78, 5) is 42.6. The molecule has 2 aromatic rings. The molecule has 9 heteroatoms.